The molecule has 1 heteroatoms. The maximum absolute atomic E-state index is 4.92. The van der Waals surface area contributed by atoms with E-state index in [2.05, 4.69) is 13.2 Å². The van der Waals surface area contributed by atoms with E-state index in [4.69, 9.17) is 4.74 Å². The molecule has 0 unspecified atom stereocenters. The smallest absolute Gasteiger partial charge is 0.111 e. The minimum atomic E-state index is 0.620. The largest absolute Gasteiger partial charge is 0.497 e. The Balaban J connectivity index is 2.55. The van der Waals surface area contributed by atoms with Crippen molar-refractivity contribution >= 4 is 6.08 Å². The first kappa shape index (κ1) is 12.1. The number of hydrogen-bond acceptors (Lipinski definition) is 1. The molecule has 0 N–H and O–H groups in total. The highest BCUT2D eigenvalue weighted by molar-refractivity contribution is 5.54. The predicted octanol–water partition coefficient (Wildman–Crippen LogP) is 3.97. The molecule has 0 heterocycles. The maximum atomic E-state index is 4.92. The summed E-state index contributed by atoms with van der Waals surface area (Å²) in [7, 11) is 1.59. The molecule has 0 fully saturated rings. The van der Waals surface area contributed by atoms with Crippen molar-refractivity contribution in [3.05, 3.63) is 78.6 Å². The van der Waals surface area contributed by atoms with Gasteiger partial charge >= 0.3 is 0 Å². The van der Waals surface area contributed by atoms with E-state index >= 15 is 0 Å². The first-order chi connectivity index (χ1) is 7.72. The summed E-state index contributed by atoms with van der Waals surface area (Å²) in [4.78, 5) is 0. The number of benzene rings is 1. The summed E-state index contributed by atoms with van der Waals surface area (Å²) < 4.78 is 4.92. The first-order valence-electron chi connectivity index (χ1n) is 5.05. The van der Waals surface area contributed by atoms with Crippen LogP contribution in [0.3, 0.4) is 0 Å². The van der Waals surface area contributed by atoms with E-state index in [1.54, 1.807) is 13.2 Å². The van der Waals surface area contributed by atoms with Crippen molar-refractivity contribution in [3.8, 4) is 0 Å². The number of hydrogen-bond donors (Lipinski definition) is 0. The fourth-order valence-corrected chi connectivity index (χ4v) is 1.09. The van der Waals surface area contributed by atoms with Gasteiger partial charge < -0.3 is 4.74 Å². The van der Waals surface area contributed by atoms with E-state index in [0.29, 0.717) is 5.76 Å². The van der Waals surface area contributed by atoms with Crippen LogP contribution in [0.1, 0.15) is 5.56 Å². The molecule has 0 atom stereocenters. The number of ether oxygens (including phenoxy) is 1. The molecule has 0 spiro atoms. The second kappa shape index (κ2) is 6.46. The van der Waals surface area contributed by atoms with Gasteiger partial charge in [0.1, 0.15) is 5.76 Å². The lowest BCUT2D eigenvalue weighted by Crippen LogP contribution is -1.77. The molecule has 0 bridgehead atoms. The van der Waals surface area contributed by atoms with Crippen molar-refractivity contribution in [1.29, 1.82) is 0 Å². The third-order valence-electron chi connectivity index (χ3n) is 2.03. The van der Waals surface area contributed by atoms with Gasteiger partial charge in [-0.3, -0.25) is 0 Å². The third-order valence-corrected chi connectivity index (χ3v) is 2.03. The van der Waals surface area contributed by atoms with E-state index in [1.807, 2.05) is 48.6 Å². The highest BCUT2D eigenvalue weighted by Crippen LogP contribution is 2.05. The van der Waals surface area contributed by atoms with Gasteiger partial charge in [0.2, 0.25) is 0 Å². The molecule has 0 aliphatic heterocycles. The number of methoxy groups -OCH3 is 1. The average Bonchev–Trinajstić information content (AvgIpc) is 2.34. The Morgan fingerprint density at radius 3 is 2.38 bits per heavy atom. The summed E-state index contributed by atoms with van der Waals surface area (Å²) in [5.74, 6) is 0.620. The molecule has 1 aromatic rings. The fraction of sp³-hybridized carbons (Fsp3) is 0.0667. The van der Waals surface area contributed by atoms with Gasteiger partial charge in [-0.2, -0.15) is 0 Å². The monoisotopic (exact) mass is 212 g/mol. The standard InChI is InChI=1S/C15H16O/c1-13(9-11-14(2)16-3)10-12-15-7-5-4-6-8-15/h4-12H,1-2H2,3H3/b11-9-,12-10+. The average molecular weight is 212 g/mol. The Morgan fingerprint density at radius 1 is 1.06 bits per heavy atom. The van der Waals surface area contributed by atoms with Gasteiger partial charge in [0.15, 0.2) is 0 Å². The summed E-state index contributed by atoms with van der Waals surface area (Å²) in [6.07, 6.45) is 7.62. The fourth-order valence-electron chi connectivity index (χ4n) is 1.09. The molecule has 1 nitrogen and oxygen atoms in total. The van der Waals surface area contributed by atoms with Crippen LogP contribution in [0.2, 0.25) is 0 Å². The second-order valence-electron chi connectivity index (χ2n) is 3.32. The summed E-state index contributed by atoms with van der Waals surface area (Å²) in [6.45, 7) is 7.59. The summed E-state index contributed by atoms with van der Waals surface area (Å²) in [5.41, 5.74) is 2.06. The molecule has 0 saturated carbocycles. The quantitative estimate of drug-likeness (QED) is 0.530. The SMILES string of the molecule is C=C(/C=C\C(=C)OC)/C=C/c1ccccc1. The lowest BCUT2D eigenvalue weighted by atomic mass is 10.1. The van der Waals surface area contributed by atoms with Crippen molar-refractivity contribution in [2.45, 2.75) is 0 Å². The normalized spacial score (nSPS) is 10.8. The van der Waals surface area contributed by atoms with Gasteiger partial charge in [-0.1, -0.05) is 61.7 Å². The van der Waals surface area contributed by atoms with E-state index in [9.17, 15) is 0 Å². The van der Waals surface area contributed by atoms with Gasteiger partial charge in [-0.05, 0) is 17.2 Å². The zero-order valence-electron chi connectivity index (χ0n) is 9.52. The Morgan fingerprint density at radius 2 is 1.75 bits per heavy atom. The predicted molar refractivity (Wildman–Crippen MR) is 69.9 cm³/mol. The van der Waals surface area contributed by atoms with Crippen molar-refractivity contribution in [2.24, 2.45) is 0 Å². The number of rotatable bonds is 5. The highest BCUT2D eigenvalue weighted by atomic mass is 16.5. The van der Waals surface area contributed by atoms with Gasteiger partial charge in [0.25, 0.3) is 0 Å². The molecular formula is C15H16O. The van der Waals surface area contributed by atoms with Crippen LogP contribution in [0.5, 0.6) is 0 Å². The van der Waals surface area contributed by atoms with Crippen LogP contribution in [-0.2, 0) is 4.74 Å². The van der Waals surface area contributed by atoms with Crippen LogP contribution in [0.15, 0.2) is 73.1 Å². The molecule has 0 radical (unpaired) electrons. The maximum Gasteiger partial charge on any atom is 0.111 e. The van der Waals surface area contributed by atoms with Crippen LogP contribution in [0.4, 0.5) is 0 Å². The van der Waals surface area contributed by atoms with Crippen molar-refractivity contribution in [1.82, 2.24) is 0 Å². The minimum absolute atomic E-state index is 0.620. The van der Waals surface area contributed by atoms with Gasteiger partial charge in [-0.25, -0.2) is 0 Å². The molecule has 0 saturated heterocycles. The van der Waals surface area contributed by atoms with E-state index in [0.717, 1.165) is 11.1 Å². The minimum Gasteiger partial charge on any atom is -0.497 e. The molecule has 1 aromatic carbocycles. The van der Waals surface area contributed by atoms with Crippen LogP contribution >= 0.6 is 0 Å². The molecule has 0 amide bonds. The summed E-state index contributed by atoms with van der Waals surface area (Å²) >= 11 is 0. The summed E-state index contributed by atoms with van der Waals surface area (Å²) in [5, 5.41) is 0. The molecular weight excluding hydrogens is 196 g/mol. The van der Waals surface area contributed by atoms with Crippen molar-refractivity contribution in [3.63, 3.8) is 0 Å². The molecule has 16 heavy (non-hydrogen) atoms. The Labute approximate surface area is 97.1 Å². The molecule has 1 rings (SSSR count). The first-order valence-corrected chi connectivity index (χ1v) is 5.05. The lowest BCUT2D eigenvalue weighted by molar-refractivity contribution is 0.309. The van der Waals surface area contributed by atoms with Gasteiger partial charge in [-0.15, -0.1) is 0 Å². The summed E-state index contributed by atoms with van der Waals surface area (Å²) in [6, 6.07) is 10.1. The van der Waals surface area contributed by atoms with E-state index in [1.165, 1.54) is 0 Å². The molecule has 82 valence electrons. The Kier molecular flexibility index (Phi) is 4.87. The third kappa shape index (κ3) is 4.47. The van der Waals surface area contributed by atoms with Gasteiger partial charge in [0, 0.05) is 0 Å². The Bertz CT molecular complexity index is 410. The molecule has 0 aromatic heterocycles. The van der Waals surface area contributed by atoms with Crippen LogP contribution in [0, 0.1) is 0 Å². The molecule has 0 aliphatic rings. The van der Waals surface area contributed by atoms with Crippen LogP contribution < -0.4 is 0 Å². The van der Waals surface area contributed by atoms with E-state index < -0.39 is 0 Å². The zero-order chi connectivity index (χ0) is 11.8. The van der Waals surface area contributed by atoms with Crippen LogP contribution in [-0.4, -0.2) is 7.11 Å². The second-order valence-corrected chi connectivity index (χ2v) is 3.32. The number of allylic oxidation sites excluding steroid dienone is 4. The van der Waals surface area contributed by atoms with Gasteiger partial charge in [0.05, 0.1) is 7.11 Å². The highest BCUT2D eigenvalue weighted by Gasteiger charge is 1.85. The van der Waals surface area contributed by atoms with Crippen molar-refractivity contribution in [2.75, 3.05) is 7.11 Å². The lowest BCUT2D eigenvalue weighted by Gasteiger charge is -1.96. The van der Waals surface area contributed by atoms with E-state index in [-0.39, 0.29) is 0 Å². The van der Waals surface area contributed by atoms with Crippen molar-refractivity contribution < 1.29 is 4.74 Å². The molecule has 0 aliphatic carbocycles. The van der Waals surface area contributed by atoms with Crippen LogP contribution in [0.25, 0.3) is 6.08 Å². The topological polar surface area (TPSA) is 9.23 Å². The zero-order valence-corrected chi connectivity index (χ0v) is 9.52. The Hall–Kier alpha value is -2.02.